The van der Waals surface area contributed by atoms with Crippen LogP contribution < -0.4 is 5.32 Å². The third kappa shape index (κ3) is 4.30. The molecule has 7 heteroatoms. The van der Waals surface area contributed by atoms with Crippen LogP contribution in [0.15, 0.2) is 24.3 Å². The van der Waals surface area contributed by atoms with Crippen LogP contribution in [-0.4, -0.2) is 67.2 Å². The summed E-state index contributed by atoms with van der Waals surface area (Å²) in [6.45, 7) is 1.42. The Morgan fingerprint density at radius 1 is 1.22 bits per heavy atom. The van der Waals surface area contributed by atoms with Gasteiger partial charge in [0.25, 0.3) is 5.91 Å². The summed E-state index contributed by atoms with van der Waals surface area (Å²) >= 11 is 0. The van der Waals surface area contributed by atoms with Crippen LogP contribution in [0.25, 0.3) is 0 Å². The number of likely N-dealkylation sites (N-methyl/N-ethyl adjacent to an activating group) is 1. The Kier molecular flexibility index (Phi) is 6.11. The summed E-state index contributed by atoms with van der Waals surface area (Å²) in [4.78, 5) is 29.7. The minimum atomic E-state index is -0.729. The van der Waals surface area contributed by atoms with Gasteiger partial charge in [0.2, 0.25) is 5.91 Å². The number of hydrogen-bond acceptors (Lipinski definition) is 4. The van der Waals surface area contributed by atoms with E-state index in [0.717, 1.165) is 38.6 Å². The van der Waals surface area contributed by atoms with E-state index in [4.69, 9.17) is 4.74 Å². The second kappa shape index (κ2) is 8.35. The van der Waals surface area contributed by atoms with Gasteiger partial charge in [-0.15, -0.1) is 0 Å². The van der Waals surface area contributed by atoms with Gasteiger partial charge >= 0.3 is 0 Å². The summed E-state index contributed by atoms with van der Waals surface area (Å²) in [7, 11) is 3.87. The lowest BCUT2D eigenvalue weighted by atomic mass is 9.89. The molecule has 2 aliphatic rings. The predicted octanol–water partition coefficient (Wildman–Crippen LogP) is 2.00. The van der Waals surface area contributed by atoms with Gasteiger partial charge in [-0.05, 0) is 64.0 Å². The highest BCUT2D eigenvalue weighted by atomic mass is 19.1. The van der Waals surface area contributed by atoms with Gasteiger partial charge < -0.3 is 15.0 Å². The van der Waals surface area contributed by atoms with Gasteiger partial charge in [-0.2, -0.15) is 0 Å². The number of amides is 2. The lowest BCUT2D eigenvalue weighted by molar-refractivity contribution is -0.127. The number of hydrogen-bond donors (Lipinski definition) is 1. The van der Waals surface area contributed by atoms with Crippen molar-refractivity contribution in [2.75, 3.05) is 33.8 Å². The van der Waals surface area contributed by atoms with E-state index in [1.54, 1.807) is 4.90 Å². The highest BCUT2D eigenvalue weighted by molar-refractivity contribution is 5.98. The van der Waals surface area contributed by atoms with Crippen LogP contribution in [-0.2, 0) is 9.53 Å². The molecule has 1 saturated heterocycles. The number of carbonyl (C=O) groups is 2. The summed E-state index contributed by atoms with van der Waals surface area (Å²) in [6.07, 6.45) is 4.47. The van der Waals surface area contributed by atoms with Gasteiger partial charge in [0, 0.05) is 18.7 Å². The number of halogens is 1. The molecule has 1 N–H and O–H groups in total. The molecule has 0 bridgehead atoms. The zero-order valence-corrected chi connectivity index (χ0v) is 16.0. The zero-order chi connectivity index (χ0) is 19.4. The Morgan fingerprint density at radius 3 is 2.52 bits per heavy atom. The van der Waals surface area contributed by atoms with Gasteiger partial charge in [0.15, 0.2) is 0 Å². The van der Waals surface area contributed by atoms with E-state index in [9.17, 15) is 14.0 Å². The van der Waals surface area contributed by atoms with Crippen molar-refractivity contribution in [1.82, 2.24) is 15.1 Å². The average Bonchev–Trinajstić information content (AvgIpc) is 3.00. The summed E-state index contributed by atoms with van der Waals surface area (Å²) in [6, 6.07) is 4.80. The second-order valence-electron chi connectivity index (χ2n) is 7.61. The largest absolute Gasteiger partial charge is 0.353 e. The maximum Gasteiger partial charge on any atom is 0.256 e. The number of ether oxygens (including phenoxy) is 1. The molecule has 1 aliphatic carbocycles. The molecule has 3 rings (SSSR count). The Hall–Kier alpha value is -1.99. The molecule has 0 unspecified atom stereocenters. The Labute approximate surface area is 159 Å². The predicted molar refractivity (Wildman–Crippen MR) is 99.7 cm³/mol. The van der Waals surface area contributed by atoms with Crippen molar-refractivity contribution in [3.05, 3.63) is 35.6 Å². The van der Waals surface area contributed by atoms with Crippen LogP contribution in [0.5, 0.6) is 0 Å². The van der Waals surface area contributed by atoms with Gasteiger partial charge in [-0.3, -0.25) is 14.5 Å². The minimum absolute atomic E-state index is 0.195. The highest BCUT2D eigenvalue weighted by Gasteiger charge is 2.52. The number of benzene rings is 1. The van der Waals surface area contributed by atoms with Gasteiger partial charge in [-0.1, -0.05) is 6.42 Å². The number of rotatable bonds is 5. The molecule has 6 nitrogen and oxygen atoms in total. The summed E-state index contributed by atoms with van der Waals surface area (Å²) < 4.78 is 19.3. The van der Waals surface area contributed by atoms with Crippen LogP contribution in [0.3, 0.4) is 0 Å². The van der Waals surface area contributed by atoms with Crippen LogP contribution in [0, 0.1) is 5.82 Å². The molecule has 1 aliphatic heterocycles. The normalized spacial score (nSPS) is 21.6. The molecule has 148 valence electrons. The molecule has 1 aromatic rings. The van der Waals surface area contributed by atoms with E-state index in [0.29, 0.717) is 12.1 Å². The van der Waals surface area contributed by atoms with Crippen LogP contribution in [0.4, 0.5) is 4.39 Å². The van der Waals surface area contributed by atoms with Crippen molar-refractivity contribution < 1.29 is 18.7 Å². The molecule has 1 spiro atoms. The molecule has 0 radical (unpaired) electrons. The molecule has 2 amide bonds. The molecule has 1 saturated carbocycles. The van der Waals surface area contributed by atoms with Gasteiger partial charge in [-0.25, -0.2) is 4.39 Å². The summed E-state index contributed by atoms with van der Waals surface area (Å²) in [5.74, 6) is -0.869. The molecular formula is C20H28FN3O3. The standard InChI is InChI=1S/C20H28FN3O3/c1-23(2)13-12-22-18(25)17-14-27-20(10-4-3-5-11-20)24(17)19(26)15-6-8-16(21)9-7-15/h6-9,17H,3-5,10-14H2,1-2H3,(H,22,25)/t17-/m0/s1. The Balaban J connectivity index is 1.83. The monoisotopic (exact) mass is 377 g/mol. The van der Waals surface area contributed by atoms with E-state index < -0.39 is 17.6 Å². The lowest BCUT2D eigenvalue weighted by Gasteiger charge is -2.41. The van der Waals surface area contributed by atoms with Gasteiger partial charge in [0.1, 0.15) is 17.6 Å². The Morgan fingerprint density at radius 2 is 1.89 bits per heavy atom. The zero-order valence-electron chi connectivity index (χ0n) is 16.0. The average molecular weight is 377 g/mol. The molecule has 1 aromatic carbocycles. The van der Waals surface area contributed by atoms with Crippen molar-refractivity contribution in [3.8, 4) is 0 Å². The maximum atomic E-state index is 13.3. The van der Waals surface area contributed by atoms with Crippen molar-refractivity contribution in [1.29, 1.82) is 0 Å². The Bertz CT molecular complexity index is 672. The minimum Gasteiger partial charge on any atom is -0.353 e. The summed E-state index contributed by atoms with van der Waals surface area (Å²) in [5, 5.41) is 2.91. The van der Waals surface area contributed by atoms with E-state index in [1.807, 2.05) is 19.0 Å². The third-order valence-corrected chi connectivity index (χ3v) is 5.37. The molecule has 1 heterocycles. The second-order valence-corrected chi connectivity index (χ2v) is 7.61. The molecule has 0 aromatic heterocycles. The van der Waals surface area contributed by atoms with Crippen LogP contribution >= 0.6 is 0 Å². The van der Waals surface area contributed by atoms with E-state index in [1.165, 1.54) is 24.3 Å². The lowest BCUT2D eigenvalue weighted by Crippen LogP contribution is -2.56. The fourth-order valence-corrected chi connectivity index (χ4v) is 3.92. The fourth-order valence-electron chi connectivity index (χ4n) is 3.92. The first-order chi connectivity index (χ1) is 12.9. The number of carbonyl (C=O) groups excluding carboxylic acids is 2. The quantitative estimate of drug-likeness (QED) is 0.853. The van der Waals surface area contributed by atoms with Crippen molar-refractivity contribution >= 4 is 11.8 Å². The molecule has 2 fully saturated rings. The van der Waals surface area contributed by atoms with Gasteiger partial charge in [0.05, 0.1) is 6.61 Å². The first-order valence-electron chi connectivity index (χ1n) is 9.59. The molecule has 27 heavy (non-hydrogen) atoms. The summed E-state index contributed by atoms with van der Waals surface area (Å²) in [5.41, 5.74) is -0.356. The number of nitrogens with zero attached hydrogens (tertiary/aromatic N) is 2. The number of nitrogens with one attached hydrogen (secondary N) is 1. The highest BCUT2D eigenvalue weighted by Crippen LogP contribution is 2.41. The third-order valence-electron chi connectivity index (χ3n) is 5.37. The molecule has 1 atom stereocenters. The van der Waals surface area contributed by atoms with E-state index in [-0.39, 0.29) is 18.4 Å². The van der Waals surface area contributed by atoms with Crippen molar-refractivity contribution in [2.45, 2.75) is 43.9 Å². The first-order valence-corrected chi connectivity index (χ1v) is 9.59. The topological polar surface area (TPSA) is 61.9 Å². The van der Waals surface area contributed by atoms with E-state index >= 15 is 0 Å². The first kappa shape index (κ1) is 19.8. The van der Waals surface area contributed by atoms with Crippen LogP contribution in [0.2, 0.25) is 0 Å². The smallest absolute Gasteiger partial charge is 0.256 e. The SMILES string of the molecule is CN(C)CCNC(=O)[C@@H]1COC2(CCCCC2)N1C(=O)c1ccc(F)cc1. The van der Waals surface area contributed by atoms with Crippen molar-refractivity contribution in [2.24, 2.45) is 0 Å². The van der Waals surface area contributed by atoms with Crippen molar-refractivity contribution in [3.63, 3.8) is 0 Å². The maximum absolute atomic E-state index is 13.3. The van der Waals surface area contributed by atoms with E-state index in [2.05, 4.69) is 5.32 Å². The molecular weight excluding hydrogens is 349 g/mol. The fraction of sp³-hybridized carbons (Fsp3) is 0.600. The van der Waals surface area contributed by atoms with Crippen LogP contribution in [0.1, 0.15) is 42.5 Å².